The zero-order valence-electron chi connectivity index (χ0n) is 28.7. The number of hydrogen-bond acceptors (Lipinski definition) is 16. The first-order valence-electron chi connectivity index (χ1n) is 14.4. The van der Waals surface area contributed by atoms with Gasteiger partial charge in [0, 0.05) is 11.8 Å². The molecule has 0 aromatic rings. The van der Waals surface area contributed by atoms with Gasteiger partial charge < -0.3 is 28.4 Å². The van der Waals surface area contributed by atoms with Gasteiger partial charge in [0.2, 0.25) is 0 Å². The Morgan fingerprint density at radius 3 is 1.52 bits per heavy atom. The van der Waals surface area contributed by atoms with Crippen molar-refractivity contribution in [1.82, 2.24) is 5.43 Å². The first kappa shape index (κ1) is 50.7. The SMILES string of the molecule is CCOC(=O)/C=C(\C)N=NC(=O)OCC.CCOC(=O)C(Cl)C(C)=O.CCOC(=O)CN=C(C)C(Cl)C(=O)OCC.CCOC(=O)NN. The van der Waals surface area contributed by atoms with Crippen LogP contribution in [0.4, 0.5) is 9.59 Å². The van der Waals surface area contributed by atoms with Crippen molar-refractivity contribution in [1.29, 1.82) is 0 Å². The van der Waals surface area contributed by atoms with Gasteiger partial charge in [0.25, 0.3) is 0 Å². The van der Waals surface area contributed by atoms with E-state index in [-0.39, 0.29) is 44.5 Å². The molecule has 0 aliphatic heterocycles. The van der Waals surface area contributed by atoms with Crippen molar-refractivity contribution in [2.75, 3.05) is 46.2 Å². The summed E-state index contributed by atoms with van der Waals surface area (Å²) < 4.78 is 27.3. The highest BCUT2D eigenvalue weighted by Crippen LogP contribution is 2.03. The molecule has 0 saturated carbocycles. The number of Topliss-reactive ketones (excluding diaryl/α,β-unsaturated/α-hetero) is 1. The summed E-state index contributed by atoms with van der Waals surface area (Å²) in [6.07, 6.45) is -0.233. The highest BCUT2D eigenvalue weighted by atomic mass is 35.5. The van der Waals surface area contributed by atoms with Crippen LogP contribution in [0.15, 0.2) is 27.0 Å². The molecular weight excluding hydrogens is 685 g/mol. The second kappa shape index (κ2) is 34.2. The number of carbonyl (C=O) groups excluding carboxylic acids is 7. The lowest BCUT2D eigenvalue weighted by molar-refractivity contribution is -0.145. The van der Waals surface area contributed by atoms with E-state index in [4.69, 9.17) is 27.9 Å². The number of ketones is 1. The summed E-state index contributed by atoms with van der Waals surface area (Å²) in [7, 11) is 0. The van der Waals surface area contributed by atoms with Crippen LogP contribution in [0.1, 0.15) is 62.3 Å². The first-order valence-corrected chi connectivity index (χ1v) is 15.2. The fraction of sp³-hybridized carbons (Fsp3) is 0.643. The van der Waals surface area contributed by atoms with Crippen molar-refractivity contribution in [3.8, 4) is 0 Å². The summed E-state index contributed by atoms with van der Waals surface area (Å²) in [6, 6.07) is 0. The topological polar surface area (TPSA) is 250 Å². The monoisotopic (exact) mass is 731 g/mol. The number of hydrogen-bond donors (Lipinski definition) is 2. The van der Waals surface area contributed by atoms with Crippen LogP contribution in [0.3, 0.4) is 0 Å². The summed E-state index contributed by atoms with van der Waals surface area (Å²) in [4.78, 5) is 78.7. The number of alkyl halides is 2. The Morgan fingerprint density at radius 1 is 0.667 bits per heavy atom. The molecule has 0 saturated heterocycles. The van der Waals surface area contributed by atoms with Crippen molar-refractivity contribution in [3.05, 3.63) is 11.8 Å². The Bertz CT molecular complexity index is 1090. The number of amides is 2. The van der Waals surface area contributed by atoms with Crippen LogP contribution in [0.25, 0.3) is 0 Å². The van der Waals surface area contributed by atoms with E-state index >= 15 is 0 Å². The van der Waals surface area contributed by atoms with Gasteiger partial charge in [0.15, 0.2) is 16.5 Å². The van der Waals surface area contributed by atoms with Gasteiger partial charge in [-0.05, 0) is 62.3 Å². The molecule has 2 amide bonds. The van der Waals surface area contributed by atoms with Crippen LogP contribution in [0.2, 0.25) is 0 Å². The molecule has 3 N–H and O–H groups in total. The largest absolute Gasteiger partial charge is 0.465 e. The fourth-order valence-electron chi connectivity index (χ4n) is 2.07. The van der Waals surface area contributed by atoms with Gasteiger partial charge in [-0.2, -0.15) is 0 Å². The maximum atomic E-state index is 11.2. The van der Waals surface area contributed by atoms with E-state index in [9.17, 15) is 33.6 Å². The zero-order valence-corrected chi connectivity index (χ0v) is 30.2. The fourth-order valence-corrected chi connectivity index (χ4v) is 2.27. The second-order valence-electron chi connectivity index (χ2n) is 7.90. The zero-order chi connectivity index (χ0) is 38.1. The quantitative estimate of drug-likeness (QED) is 0.0247. The maximum Gasteiger partial charge on any atom is 0.452 e. The molecule has 0 aromatic carbocycles. The van der Waals surface area contributed by atoms with Crippen LogP contribution < -0.4 is 11.3 Å². The summed E-state index contributed by atoms with van der Waals surface area (Å²) in [5, 5.41) is 4.60. The number of azo groups is 1. The van der Waals surface area contributed by atoms with Gasteiger partial charge in [-0.15, -0.1) is 28.3 Å². The lowest BCUT2D eigenvalue weighted by Gasteiger charge is -2.08. The molecule has 0 fully saturated rings. The maximum absolute atomic E-state index is 11.2. The normalized spacial score (nSPS) is 11.7. The van der Waals surface area contributed by atoms with E-state index in [1.165, 1.54) is 13.8 Å². The molecular formula is C28H47Cl2N5O13. The van der Waals surface area contributed by atoms with Gasteiger partial charge in [0.05, 0.1) is 45.3 Å². The summed E-state index contributed by atoms with van der Waals surface area (Å²) in [5.41, 5.74) is 2.42. The molecule has 18 nitrogen and oxygen atoms in total. The van der Waals surface area contributed by atoms with E-state index in [2.05, 4.69) is 44.7 Å². The molecule has 0 aromatic heterocycles. The molecule has 0 aliphatic carbocycles. The van der Waals surface area contributed by atoms with Gasteiger partial charge in [-0.3, -0.25) is 24.8 Å². The van der Waals surface area contributed by atoms with E-state index in [1.807, 2.05) is 0 Å². The van der Waals surface area contributed by atoms with Gasteiger partial charge >= 0.3 is 36.1 Å². The third-order valence-electron chi connectivity index (χ3n) is 4.04. The van der Waals surface area contributed by atoms with Crippen molar-refractivity contribution >= 4 is 70.8 Å². The lowest BCUT2D eigenvalue weighted by Crippen LogP contribution is -2.30. The number of esters is 4. The van der Waals surface area contributed by atoms with E-state index < -0.39 is 46.8 Å². The predicted octanol–water partition coefficient (Wildman–Crippen LogP) is 3.60. The highest BCUT2D eigenvalue weighted by molar-refractivity contribution is 6.41. The minimum absolute atomic E-state index is 0.137. The number of halogens is 2. The van der Waals surface area contributed by atoms with Crippen LogP contribution in [0, 0.1) is 0 Å². The Labute approximate surface area is 290 Å². The summed E-state index contributed by atoms with van der Waals surface area (Å²) in [6.45, 7) is 16.0. The molecule has 0 rings (SSSR count). The molecule has 0 heterocycles. The van der Waals surface area contributed by atoms with Crippen molar-refractivity contribution < 1.29 is 62.0 Å². The Hall–Kier alpha value is -4.16. The molecule has 0 spiro atoms. The van der Waals surface area contributed by atoms with E-state index in [0.29, 0.717) is 18.9 Å². The van der Waals surface area contributed by atoms with Crippen molar-refractivity contribution in [3.63, 3.8) is 0 Å². The van der Waals surface area contributed by atoms with Crippen LogP contribution in [-0.2, 0) is 52.4 Å². The molecule has 48 heavy (non-hydrogen) atoms. The number of carbonyl (C=O) groups is 7. The standard InChI is InChI=1S/C10H16ClNO4.C9H14N2O4.C6H9ClO3.C3H8N2O2/c1-4-15-8(13)6-12-7(3)9(11)10(14)16-5-2;1-4-14-8(12)6-7(3)10-11-9(13)15-5-2;1-3-10-6(9)5(7)4(2)8;1-2-7-3(6)5-4/h9H,4-6H2,1-3H3;6H,4-5H2,1-3H3;5H,3H2,1-2H3;2,4H2,1H3,(H,5,6)/b;7-6+,11-10?;;. The smallest absolute Gasteiger partial charge is 0.452 e. The number of ether oxygens (including phenoxy) is 6. The number of hydrazine groups is 1. The Balaban J connectivity index is -0.000000281. The number of nitrogens with one attached hydrogen (secondary N) is 1. The van der Waals surface area contributed by atoms with Gasteiger partial charge in [0.1, 0.15) is 6.54 Å². The summed E-state index contributed by atoms with van der Waals surface area (Å²) in [5.74, 6) is 2.05. The molecule has 0 aliphatic rings. The number of nitrogens with two attached hydrogens (primary N) is 1. The van der Waals surface area contributed by atoms with Crippen molar-refractivity contribution in [2.45, 2.75) is 73.1 Å². The number of allylic oxidation sites excluding steroid dienone is 1. The van der Waals surface area contributed by atoms with Gasteiger partial charge in [-0.1, -0.05) is 5.11 Å². The number of aliphatic imine (C=N–C) groups is 1. The molecule has 276 valence electrons. The molecule has 0 bridgehead atoms. The van der Waals surface area contributed by atoms with E-state index in [0.717, 1.165) is 6.08 Å². The Kier molecular flexibility index (Phi) is 36.1. The van der Waals surface area contributed by atoms with Gasteiger partial charge in [-0.25, -0.2) is 25.0 Å². The number of nitrogens with zero attached hydrogens (tertiary/aromatic N) is 3. The van der Waals surface area contributed by atoms with E-state index in [1.54, 1.807) is 53.9 Å². The van der Waals surface area contributed by atoms with Crippen LogP contribution in [-0.4, -0.2) is 104 Å². The summed E-state index contributed by atoms with van der Waals surface area (Å²) >= 11 is 11.1. The predicted molar refractivity (Wildman–Crippen MR) is 174 cm³/mol. The molecule has 2 unspecified atom stereocenters. The molecule has 0 radical (unpaired) electrons. The second-order valence-corrected chi connectivity index (χ2v) is 8.78. The molecule has 2 atom stereocenters. The molecule has 20 heteroatoms. The lowest BCUT2D eigenvalue weighted by atomic mass is 10.3. The van der Waals surface area contributed by atoms with Crippen LogP contribution >= 0.6 is 23.2 Å². The Morgan fingerprint density at radius 2 is 1.12 bits per heavy atom. The van der Waals surface area contributed by atoms with Crippen molar-refractivity contribution in [2.24, 2.45) is 21.1 Å². The van der Waals surface area contributed by atoms with Crippen LogP contribution in [0.5, 0.6) is 0 Å². The third-order valence-corrected chi connectivity index (χ3v) is 5.02. The average molecular weight is 733 g/mol. The minimum atomic E-state index is -1.14. The average Bonchev–Trinajstić information content (AvgIpc) is 3.03. The first-order chi connectivity index (χ1) is 22.5. The minimum Gasteiger partial charge on any atom is -0.465 e. The third kappa shape index (κ3) is 33.2. The highest BCUT2D eigenvalue weighted by Gasteiger charge is 2.21. The number of rotatable bonds is 14.